The van der Waals surface area contributed by atoms with E-state index < -0.39 is 30.0 Å². The molecule has 0 saturated heterocycles. The molecule has 0 aliphatic rings. The van der Waals surface area contributed by atoms with Crippen LogP contribution in [-0.4, -0.2) is 42.0 Å². The molecule has 160 valence electrons. The van der Waals surface area contributed by atoms with Crippen molar-refractivity contribution in [2.45, 2.75) is 31.5 Å². The van der Waals surface area contributed by atoms with Gasteiger partial charge in [-0.15, -0.1) is 0 Å². The Morgan fingerprint density at radius 3 is 2.10 bits per heavy atom. The molecular weight excluding hydrogens is 402 g/mol. The van der Waals surface area contributed by atoms with E-state index in [1.54, 1.807) is 11.8 Å². The molecule has 0 heterocycles. The number of hydrogen-bond donors (Lipinski definition) is 3. The van der Waals surface area contributed by atoms with Crippen molar-refractivity contribution in [2.24, 2.45) is 5.73 Å². The average Bonchev–Trinajstić information content (AvgIpc) is 2.76. The lowest BCUT2D eigenvalue weighted by molar-refractivity contribution is -0.128. The molecule has 2 atom stereocenters. The lowest BCUT2D eigenvalue weighted by Gasteiger charge is -2.21. The largest absolute Gasteiger partial charge is 0.445 e. The van der Waals surface area contributed by atoms with Gasteiger partial charge in [-0.05, 0) is 29.6 Å². The van der Waals surface area contributed by atoms with Gasteiger partial charge >= 0.3 is 6.09 Å². The molecule has 0 spiro atoms. The first-order valence-corrected chi connectivity index (χ1v) is 11.0. The number of nitrogens with two attached hydrogens (primary N) is 1. The van der Waals surface area contributed by atoms with Crippen molar-refractivity contribution in [3.05, 3.63) is 71.8 Å². The van der Waals surface area contributed by atoms with Crippen LogP contribution >= 0.6 is 11.8 Å². The van der Waals surface area contributed by atoms with E-state index >= 15 is 0 Å². The molecule has 3 amide bonds. The van der Waals surface area contributed by atoms with Gasteiger partial charge in [0.1, 0.15) is 18.7 Å². The van der Waals surface area contributed by atoms with E-state index in [2.05, 4.69) is 10.6 Å². The number of ether oxygens (including phenoxy) is 1. The third-order valence-electron chi connectivity index (χ3n) is 4.37. The van der Waals surface area contributed by atoms with E-state index in [1.165, 1.54) is 0 Å². The van der Waals surface area contributed by atoms with Crippen LogP contribution in [0.1, 0.15) is 17.5 Å². The minimum Gasteiger partial charge on any atom is -0.445 e. The molecule has 7 nitrogen and oxygen atoms in total. The zero-order valence-electron chi connectivity index (χ0n) is 16.9. The summed E-state index contributed by atoms with van der Waals surface area (Å²) in [4.78, 5) is 36.8. The van der Waals surface area contributed by atoms with Gasteiger partial charge in [0.15, 0.2) is 0 Å². The molecular formula is C22H27N3O4S. The van der Waals surface area contributed by atoms with Crippen LogP contribution in [0.5, 0.6) is 0 Å². The zero-order valence-corrected chi connectivity index (χ0v) is 17.7. The maximum Gasteiger partial charge on any atom is 0.408 e. The molecule has 4 N–H and O–H groups in total. The monoisotopic (exact) mass is 429 g/mol. The molecule has 0 aliphatic heterocycles. The van der Waals surface area contributed by atoms with Gasteiger partial charge in [-0.2, -0.15) is 11.8 Å². The van der Waals surface area contributed by atoms with Gasteiger partial charge in [0.05, 0.1) is 0 Å². The first-order valence-electron chi connectivity index (χ1n) is 9.59. The van der Waals surface area contributed by atoms with Crippen LogP contribution in [0.3, 0.4) is 0 Å². The Morgan fingerprint density at radius 2 is 1.53 bits per heavy atom. The van der Waals surface area contributed by atoms with Crippen LogP contribution in [0.4, 0.5) is 4.79 Å². The lowest BCUT2D eigenvalue weighted by Crippen LogP contribution is -2.53. The highest BCUT2D eigenvalue weighted by molar-refractivity contribution is 7.98. The second-order valence-corrected chi connectivity index (χ2v) is 7.68. The van der Waals surface area contributed by atoms with Crippen LogP contribution in [0, 0.1) is 0 Å². The molecule has 2 rings (SSSR count). The van der Waals surface area contributed by atoms with Crippen LogP contribution in [-0.2, 0) is 27.4 Å². The van der Waals surface area contributed by atoms with Gasteiger partial charge in [-0.25, -0.2) is 4.79 Å². The molecule has 0 unspecified atom stereocenters. The summed E-state index contributed by atoms with van der Waals surface area (Å²) in [5, 5.41) is 5.25. The molecule has 2 aromatic carbocycles. The minimum atomic E-state index is -0.876. The summed E-state index contributed by atoms with van der Waals surface area (Å²) in [6.07, 6.45) is 1.88. The fraction of sp³-hybridized carbons (Fsp3) is 0.318. The highest BCUT2D eigenvalue weighted by atomic mass is 32.2. The quantitative estimate of drug-likeness (QED) is 0.507. The Morgan fingerprint density at radius 1 is 0.933 bits per heavy atom. The Balaban J connectivity index is 1.96. The van der Waals surface area contributed by atoms with Crippen molar-refractivity contribution in [2.75, 3.05) is 12.0 Å². The van der Waals surface area contributed by atoms with Gasteiger partial charge < -0.3 is 21.1 Å². The van der Waals surface area contributed by atoms with E-state index in [-0.39, 0.29) is 13.0 Å². The summed E-state index contributed by atoms with van der Waals surface area (Å²) in [6.45, 7) is 0.0987. The summed E-state index contributed by atoms with van der Waals surface area (Å²) >= 11 is 1.55. The number of benzene rings is 2. The summed E-state index contributed by atoms with van der Waals surface area (Å²) in [7, 11) is 0. The normalized spacial score (nSPS) is 12.4. The van der Waals surface area contributed by atoms with Gasteiger partial charge in [0, 0.05) is 6.42 Å². The molecule has 0 aromatic heterocycles. The van der Waals surface area contributed by atoms with E-state index in [0.717, 1.165) is 11.1 Å². The first kappa shape index (κ1) is 23.3. The predicted octanol–water partition coefficient (Wildman–Crippen LogP) is 2.25. The van der Waals surface area contributed by atoms with E-state index in [4.69, 9.17) is 10.5 Å². The van der Waals surface area contributed by atoms with Crippen molar-refractivity contribution in [3.63, 3.8) is 0 Å². The summed E-state index contributed by atoms with van der Waals surface area (Å²) in [5.41, 5.74) is 7.19. The molecule has 30 heavy (non-hydrogen) atoms. The van der Waals surface area contributed by atoms with Crippen LogP contribution in [0.2, 0.25) is 0 Å². The molecule has 0 radical (unpaired) electrons. The Labute approximate surface area is 180 Å². The second kappa shape index (κ2) is 12.5. The zero-order chi connectivity index (χ0) is 21.8. The number of nitrogens with one attached hydrogen (secondary N) is 2. The Kier molecular flexibility index (Phi) is 9.73. The molecule has 8 heteroatoms. The van der Waals surface area contributed by atoms with E-state index in [1.807, 2.05) is 66.9 Å². The predicted molar refractivity (Wildman–Crippen MR) is 118 cm³/mol. The average molecular weight is 430 g/mol. The topological polar surface area (TPSA) is 111 Å². The number of alkyl carbamates (subject to hydrolysis) is 1. The van der Waals surface area contributed by atoms with E-state index in [9.17, 15) is 14.4 Å². The third kappa shape index (κ3) is 8.16. The van der Waals surface area contributed by atoms with Crippen LogP contribution < -0.4 is 16.4 Å². The van der Waals surface area contributed by atoms with E-state index in [0.29, 0.717) is 12.2 Å². The number of thioether (sulfide) groups is 1. The van der Waals surface area contributed by atoms with Gasteiger partial charge in [-0.1, -0.05) is 60.7 Å². The molecule has 0 fully saturated rings. The Bertz CT molecular complexity index is 818. The minimum absolute atomic E-state index is 0.0987. The number of hydrogen-bond acceptors (Lipinski definition) is 5. The van der Waals surface area contributed by atoms with Crippen molar-refractivity contribution in [1.82, 2.24) is 10.6 Å². The summed E-state index contributed by atoms with van der Waals surface area (Å²) in [6, 6.07) is 16.8. The lowest BCUT2D eigenvalue weighted by atomic mass is 10.0. The summed E-state index contributed by atoms with van der Waals surface area (Å²) in [5.74, 6) is -0.459. The smallest absolute Gasteiger partial charge is 0.408 e. The van der Waals surface area contributed by atoms with Gasteiger partial charge in [-0.3, -0.25) is 9.59 Å². The highest BCUT2D eigenvalue weighted by Gasteiger charge is 2.26. The van der Waals surface area contributed by atoms with Crippen LogP contribution in [0.25, 0.3) is 0 Å². The molecule has 0 aliphatic carbocycles. The van der Waals surface area contributed by atoms with Crippen molar-refractivity contribution >= 4 is 29.7 Å². The fourth-order valence-corrected chi connectivity index (χ4v) is 3.23. The van der Waals surface area contributed by atoms with Crippen molar-refractivity contribution in [3.8, 4) is 0 Å². The number of amides is 3. The van der Waals surface area contributed by atoms with Gasteiger partial charge in [0.2, 0.25) is 11.8 Å². The molecule has 0 saturated carbocycles. The number of rotatable bonds is 11. The summed E-state index contributed by atoms with van der Waals surface area (Å²) < 4.78 is 5.21. The third-order valence-corrected chi connectivity index (χ3v) is 5.02. The highest BCUT2D eigenvalue weighted by Crippen LogP contribution is 2.07. The maximum atomic E-state index is 12.8. The maximum absolute atomic E-state index is 12.8. The fourth-order valence-electron chi connectivity index (χ4n) is 2.76. The van der Waals surface area contributed by atoms with Crippen molar-refractivity contribution < 1.29 is 19.1 Å². The number of carbonyl (C=O) groups is 3. The molecule has 0 bridgehead atoms. The van der Waals surface area contributed by atoms with Crippen LogP contribution in [0.15, 0.2) is 60.7 Å². The van der Waals surface area contributed by atoms with Crippen molar-refractivity contribution in [1.29, 1.82) is 0 Å². The number of primary amides is 1. The SMILES string of the molecule is CSCC[C@H](NC(=O)OCc1ccccc1)C(=O)N[C@@H](Cc1ccccc1)C(N)=O. The number of carbonyl (C=O) groups excluding carboxylic acids is 3. The second-order valence-electron chi connectivity index (χ2n) is 6.69. The Hall–Kier alpha value is -3.00. The first-order chi connectivity index (χ1) is 14.5. The van der Waals surface area contributed by atoms with Gasteiger partial charge in [0.25, 0.3) is 0 Å². The standard InChI is InChI=1S/C22H27N3O4S/c1-30-13-12-18(25-22(28)29-15-17-10-6-3-7-11-17)21(27)24-19(20(23)26)14-16-8-4-2-5-9-16/h2-11,18-19H,12-15H2,1H3,(H2,23,26)(H,24,27)(H,25,28)/t18-,19-/m0/s1. The molecule has 2 aromatic rings.